The van der Waals surface area contributed by atoms with Gasteiger partial charge in [-0.1, -0.05) is 11.6 Å². The van der Waals surface area contributed by atoms with E-state index in [1.165, 1.54) is 0 Å². The van der Waals surface area contributed by atoms with Gasteiger partial charge in [0.05, 0.1) is 12.1 Å². The van der Waals surface area contributed by atoms with Crippen LogP contribution in [-0.2, 0) is 0 Å². The Morgan fingerprint density at radius 3 is 2.82 bits per heavy atom. The van der Waals surface area contributed by atoms with Crippen LogP contribution in [0.2, 0.25) is 5.02 Å². The zero-order chi connectivity index (χ0) is 12.4. The van der Waals surface area contributed by atoms with E-state index in [0.717, 1.165) is 27.9 Å². The highest BCUT2D eigenvalue weighted by atomic mass is 35.5. The maximum absolute atomic E-state index is 8.81. The van der Waals surface area contributed by atoms with E-state index in [-0.39, 0.29) is 13.2 Å². The number of aliphatic hydroxyl groups is 1. The molecule has 3 nitrogen and oxygen atoms in total. The minimum Gasteiger partial charge on any atom is -0.490 e. The summed E-state index contributed by atoms with van der Waals surface area (Å²) in [6.45, 7) is 4.12. The first-order valence-electron chi connectivity index (χ1n) is 5.43. The van der Waals surface area contributed by atoms with Crippen LogP contribution in [0.25, 0.3) is 10.9 Å². The number of pyridine rings is 1. The predicted octanol–water partition coefficient (Wildman–Crippen LogP) is 2.88. The van der Waals surface area contributed by atoms with Gasteiger partial charge in [-0.05, 0) is 31.5 Å². The molecule has 0 atom stereocenters. The van der Waals surface area contributed by atoms with E-state index >= 15 is 0 Å². The van der Waals surface area contributed by atoms with Crippen LogP contribution in [0, 0.1) is 13.8 Å². The van der Waals surface area contributed by atoms with Crippen LogP contribution in [0.3, 0.4) is 0 Å². The maximum atomic E-state index is 8.81. The number of hydrogen-bond donors (Lipinski definition) is 1. The molecule has 0 aliphatic heterocycles. The van der Waals surface area contributed by atoms with Crippen molar-refractivity contribution in [1.29, 1.82) is 0 Å². The van der Waals surface area contributed by atoms with Gasteiger partial charge in [-0.25, -0.2) is 0 Å². The number of aromatic nitrogens is 1. The molecule has 0 radical (unpaired) electrons. The van der Waals surface area contributed by atoms with Crippen molar-refractivity contribution in [2.75, 3.05) is 13.2 Å². The van der Waals surface area contributed by atoms with Crippen molar-refractivity contribution in [2.24, 2.45) is 0 Å². The van der Waals surface area contributed by atoms with Gasteiger partial charge in [0, 0.05) is 22.2 Å². The summed E-state index contributed by atoms with van der Waals surface area (Å²) in [6.07, 6.45) is 0. The monoisotopic (exact) mass is 251 g/mol. The van der Waals surface area contributed by atoms with Crippen molar-refractivity contribution in [1.82, 2.24) is 4.98 Å². The Morgan fingerprint density at radius 1 is 1.35 bits per heavy atom. The second-order valence-corrected chi connectivity index (χ2v) is 4.31. The van der Waals surface area contributed by atoms with Gasteiger partial charge in [-0.3, -0.25) is 4.98 Å². The first kappa shape index (κ1) is 12.1. The zero-order valence-electron chi connectivity index (χ0n) is 9.83. The van der Waals surface area contributed by atoms with E-state index in [2.05, 4.69) is 4.98 Å². The molecule has 2 aromatic rings. The van der Waals surface area contributed by atoms with E-state index in [4.69, 9.17) is 21.4 Å². The van der Waals surface area contributed by atoms with Crippen LogP contribution >= 0.6 is 11.6 Å². The Balaban J connectivity index is 2.64. The molecule has 1 heterocycles. The molecule has 0 bridgehead atoms. The summed E-state index contributed by atoms with van der Waals surface area (Å²) in [5.41, 5.74) is 2.67. The van der Waals surface area contributed by atoms with Gasteiger partial charge in [0.25, 0.3) is 0 Å². The molecular weight excluding hydrogens is 238 g/mol. The SMILES string of the molecule is Cc1cc(OCCO)c2ccc(Cl)c(C)c2n1. The topological polar surface area (TPSA) is 42.4 Å². The number of aliphatic hydroxyl groups excluding tert-OH is 1. The van der Waals surface area contributed by atoms with Gasteiger partial charge in [0.1, 0.15) is 12.4 Å². The molecule has 90 valence electrons. The fourth-order valence-electron chi connectivity index (χ4n) is 1.77. The molecule has 0 saturated carbocycles. The first-order valence-corrected chi connectivity index (χ1v) is 5.81. The first-order chi connectivity index (χ1) is 8.13. The summed E-state index contributed by atoms with van der Waals surface area (Å²) in [4.78, 5) is 4.48. The third kappa shape index (κ3) is 2.35. The highest BCUT2D eigenvalue weighted by molar-refractivity contribution is 6.32. The molecule has 1 aromatic carbocycles. The molecule has 0 amide bonds. The van der Waals surface area contributed by atoms with Gasteiger partial charge in [0.15, 0.2) is 0 Å². The smallest absolute Gasteiger partial charge is 0.130 e. The van der Waals surface area contributed by atoms with Crippen LogP contribution in [0.1, 0.15) is 11.3 Å². The molecule has 0 aliphatic rings. The summed E-state index contributed by atoms with van der Waals surface area (Å²) < 4.78 is 5.51. The predicted molar refractivity (Wildman–Crippen MR) is 68.8 cm³/mol. The largest absolute Gasteiger partial charge is 0.490 e. The van der Waals surface area contributed by atoms with Crippen molar-refractivity contribution in [3.05, 3.63) is 34.5 Å². The number of rotatable bonds is 3. The fourth-order valence-corrected chi connectivity index (χ4v) is 1.92. The second-order valence-electron chi connectivity index (χ2n) is 3.90. The highest BCUT2D eigenvalue weighted by Crippen LogP contribution is 2.30. The highest BCUT2D eigenvalue weighted by Gasteiger charge is 2.09. The minimum atomic E-state index is -0.00453. The number of ether oxygens (including phenoxy) is 1. The number of halogens is 1. The van der Waals surface area contributed by atoms with Crippen molar-refractivity contribution < 1.29 is 9.84 Å². The lowest BCUT2D eigenvalue weighted by molar-refractivity contribution is 0.202. The van der Waals surface area contributed by atoms with Gasteiger partial charge in [-0.15, -0.1) is 0 Å². The van der Waals surface area contributed by atoms with Crippen LogP contribution in [0.5, 0.6) is 5.75 Å². The molecule has 17 heavy (non-hydrogen) atoms. The van der Waals surface area contributed by atoms with Gasteiger partial charge in [0.2, 0.25) is 0 Å². The molecular formula is C13H14ClNO2. The number of fused-ring (bicyclic) bond motifs is 1. The van der Waals surface area contributed by atoms with Crippen LogP contribution in [-0.4, -0.2) is 23.3 Å². The summed E-state index contributed by atoms with van der Waals surface area (Å²) in [5.74, 6) is 0.737. The number of nitrogens with zero attached hydrogens (tertiary/aromatic N) is 1. The van der Waals surface area contributed by atoms with Crippen LogP contribution in [0.15, 0.2) is 18.2 Å². The summed E-state index contributed by atoms with van der Waals surface area (Å²) in [7, 11) is 0. The molecule has 1 aromatic heterocycles. The molecule has 0 unspecified atom stereocenters. The lowest BCUT2D eigenvalue weighted by Crippen LogP contribution is -2.03. The van der Waals surface area contributed by atoms with Crippen molar-refractivity contribution >= 4 is 22.5 Å². The van der Waals surface area contributed by atoms with Crippen LogP contribution in [0.4, 0.5) is 0 Å². The number of hydrogen-bond acceptors (Lipinski definition) is 3. The minimum absolute atomic E-state index is 0.00453. The molecule has 0 fully saturated rings. The average Bonchev–Trinajstić information content (AvgIpc) is 2.31. The summed E-state index contributed by atoms with van der Waals surface area (Å²) in [6, 6.07) is 5.59. The Morgan fingerprint density at radius 2 is 2.12 bits per heavy atom. The summed E-state index contributed by atoms with van der Waals surface area (Å²) >= 11 is 6.08. The van der Waals surface area contributed by atoms with E-state index in [9.17, 15) is 0 Å². The van der Waals surface area contributed by atoms with Crippen LogP contribution < -0.4 is 4.74 Å². The Labute approximate surface area is 105 Å². The maximum Gasteiger partial charge on any atom is 0.130 e. The molecule has 0 aliphatic carbocycles. The normalized spacial score (nSPS) is 10.8. The van der Waals surface area contributed by atoms with E-state index in [0.29, 0.717) is 5.02 Å². The van der Waals surface area contributed by atoms with E-state index < -0.39 is 0 Å². The van der Waals surface area contributed by atoms with Gasteiger partial charge >= 0.3 is 0 Å². The third-order valence-corrected chi connectivity index (χ3v) is 3.02. The molecule has 2 rings (SSSR count). The zero-order valence-corrected chi connectivity index (χ0v) is 10.6. The molecule has 0 spiro atoms. The molecule has 1 N–H and O–H groups in total. The lowest BCUT2D eigenvalue weighted by atomic mass is 10.1. The van der Waals surface area contributed by atoms with E-state index in [1.54, 1.807) is 0 Å². The summed E-state index contributed by atoms with van der Waals surface area (Å²) in [5, 5.41) is 10.4. The van der Waals surface area contributed by atoms with Gasteiger partial charge in [-0.2, -0.15) is 0 Å². The van der Waals surface area contributed by atoms with Crippen molar-refractivity contribution in [3.63, 3.8) is 0 Å². The third-order valence-electron chi connectivity index (χ3n) is 2.61. The van der Waals surface area contributed by atoms with Crippen molar-refractivity contribution in [2.45, 2.75) is 13.8 Å². The lowest BCUT2D eigenvalue weighted by Gasteiger charge is -2.11. The Kier molecular flexibility index (Phi) is 3.50. The Hall–Kier alpha value is -1.32. The van der Waals surface area contributed by atoms with Crippen molar-refractivity contribution in [3.8, 4) is 5.75 Å². The molecule has 4 heteroatoms. The standard InChI is InChI=1S/C13H14ClNO2/c1-8-7-12(17-6-5-16)10-3-4-11(14)9(2)13(10)15-8/h3-4,7,16H,5-6H2,1-2H3. The fraction of sp³-hybridized carbons (Fsp3) is 0.308. The Bertz CT molecular complexity index is 555. The van der Waals surface area contributed by atoms with Gasteiger partial charge < -0.3 is 9.84 Å². The van der Waals surface area contributed by atoms with E-state index in [1.807, 2.05) is 32.0 Å². The average molecular weight is 252 g/mol. The number of benzene rings is 1. The molecule has 0 saturated heterocycles. The number of aryl methyl sites for hydroxylation is 2. The second kappa shape index (κ2) is 4.90. The quantitative estimate of drug-likeness (QED) is 0.912.